The second kappa shape index (κ2) is 13.4. The summed E-state index contributed by atoms with van der Waals surface area (Å²) >= 11 is 0. The van der Waals surface area contributed by atoms with Gasteiger partial charge in [-0.05, 0) is 56.0 Å². The number of carbonyl (C=O) groups is 1. The molecule has 41 heavy (non-hydrogen) atoms. The Morgan fingerprint density at radius 1 is 1.00 bits per heavy atom. The number of aliphatic hydroxyl groups excluding tert-OH is 5. The number of nitrogens with zero attached hydrogens (tertiary/aromatic N) is 3. The largest absolute Gasteiger partial charge is 0.432 e. The molecular weight excluding hydrogens is 552 g/mol. The smallest absolute Gasteiger partial charge is 0.256 e. The van der Waals surface area contributed by atoms with Crippen LogP contribution in [0.2, 0.25) is 18.6 Å². The number of amides is 1. The highest BCUT2D eigenvalue weighted by atomic mass is 28.4. The number of aryl methyl sites for hydroxylation is 2. The van der Waals surface area contributed by atoms with E-state index < -0.39 is 44.9 Å². The minimum absolute atomic E-state index is 0.0225. The first-order valence-electron chi connectivity index (χ1n) is 14.0. The molecule has 228 valence electrons. The van der Waals surface area contributed by atoms with Crippen molar-refractivity contribution in [2.45, 2.75) is 101 Å². The van der Waals surface area contributed by atoms with E-state index in [0.717, 1.165) is 24.1 Å². The van der Waals surface area contributed by atoms with Gasteiger partial charge >= 0.3 is 0 Å². The minimum Gasteiger partial charge on any atom is -0.432 e. The van der Waals surface area contributed by atoms with E-state index in [9.17, 15) is 30.0 Å². The Hall–Kier alpha value is -2.27. The molecule has 2 aliphatic rings. The summed E-state index contributed by atoms with van der Waals surface area (Å²) in [6.45, 7) is 6.68. The molecule has 0 bridgehead atoms. The lowest BCUT2D eigenvalue weighted by molar-refractivity contribution is -0.274. The van der Waals surface area contributed by atoms with Crippen LogP contribution >= 0.6 is 0 Å². The molecule has 13 nitrogen and oxygen atoms in total. The van der Waals surface area contributed by atoms with Crippen molar-refractivity contribution in [2.24, 2.45) is 5.92 Å². The number of benzene rings is 1. The van der Waals surface area contributed by atoms with Crippen LogP contribution in [-0.2, 0) is 33.7 Å². The molecule has 2 aromatic rings. The number of rotatable bonds is 11. The van der Waals surface area contributed by atoms with Crippen LogP contribution in [0, 0.1) is 5.92 Å². The third-order valence-electron chi connectivity index (χ3n) is 8.10. The number of anilines is 1. The van der Waals surface area contributed by atoms with Crippen LogP contribution in [0.25, 0.3) is 0 Å². The van der Waals surface area contributed by atoms with Gasteiger partial charge in [0.05, 0.1) is 17.9 Å². The first kappa shape index (κ1) is 31.7. The van der Waals surface area contributed by atoms with Gasteiger partial charge in [-0.15, -0.1) is 5.10 Å². The molecule has 0 aliphatic carbocycles. The Morgan fingerprint density at radius 3 is 2.37 bits per heavy atom. The van der Waals surface area contributed by atoms with Crippen molar-refractivity contribution in [3.05, 3.63) is 41.7 Å². The molecule has 14 heteroatoms. The van der Waals surface area contributed by atoms with Crippen LogP contribution in [0.3, 0.4) is 0 Å². The van der Waals surface area contributed by atoms with Crippen LogP contribution in [-0.4, -0.2) is 109 Å². The predicted octanol–water partition coefficient (Wildman–Crippen LogP) is -0.455. The number of hydrogen-bond acceptors (Lipinski definition) is 11. The van der Waals surface area contributed by atoms with Crippen LogP contribution in [0.4, 0.5) is 5.69 Å². The summed E-state index contributed by atoms with van der Waals surface area (Å²) in [5.74, 6) is -0.580. The molecular formula is C27H42N4O9Si. The number of aromatic nitrogens is 3. The van der Waals surface area contributed by atoms with Gasteiger partial charge in [0.25, 0.3) is 5.91 Å². The summed E-state index contributed by atoms with van der Waals surface area (Å²) in [5, 5.41) is 59.1. The third-order valence-corrected chi connectivity index (χ3v) is 10.6. The van der Waals surface area contributed by atoms with E-state index >= 15 is 0 Å². The lowest BCUT2D eigenvalue weighted by Gasteiger charge is -2.37. The summed E-state index contributed by atoms with van der Waals surface area (Å²) in [4.78, 5) is 23.6. The second-order valence-corrected chi connectivity index (χ2v) is 15.6. The molecule has 9 atom stereocenters. The number of ether oxygens (including phenoxy) is 2. The van der Waals surface area contributed by atoms with Gasteiger partial charge in [0, 0.05) is 37.0 Å². The second-order valence-electron chi connectivity index (χ2n) is 11.6. The highest BCUT2D eigenvalue weighted by Gasteiger charge is 2.49. The van der Waals surface area contributed by atoms with Crippen LogP contribution < -0.4 is 5.32 Å². The number of hydrogen-bond donors (Lipinski definition) is 7. The quantitative estimate of drug-likeness (QED) is 0.166. The van der Waals surface area contributed by atoms with Gasteiger partial charge in [-0.1, -0.05) is 24.3 Å². The lowest BCUT2D eigenvalue weighted by Crippen LogP contribution is -2.60. The third kappa shape index (κ3) is 7.58. The van der Waals surface area contributed by atoms with Gasteiger partial charge in [-0.2, -0.15) is 0 Å². The van der Waals surface area contributed by atoms with Crippen molar-refractivity contribution in [1.82, 2.24) is 15.0 Å². The van der Waals surface area contributed by atoms with Crippen molar-refractivity contribution in [3.63, 3.8) is 0 Å². The molecule has 0 radical (unpaired) electrons. The Morgan fingerprint density at radius 2 is 1.71 bits per heavy atom. The van der Waals surface area contributed by atoms with Gasteiger partial charge in [0.2, 0.25) is 0 Å². The molecule has 4 rings (SSSR count). The average molecular weight is 595 g/mol. The average Bonchev–Trinajstić information content (AvgIpc) is 3.51. The fraction of sp³-hybridized carbons (Fsp3) is 0.667. The number of nitrogens with one attached hydrogen (secondary N) is 1. The molecule has 1 aromatic heterocycles. The Kier molecular flexibility index (Phi) is 10.3. The zero-order valence-electron chi connectivity index (χ0n) is 23.6. The normalized spacial score (nSPS) is 32.3. The van der Waals surface area contributed by atoms with E-state index in [1.165, 1.54) is 0 Å². The Bertz CT molecular complexity index is 1140. The minimum atomic E-state index is -2.52. The van der Waals surface area contributed by atoms with Crippen LogP contribution in [0.15, 0.2) is 30.5 Å². The first-order valence-corrected chi connectivity index (χ1v) is 17.1. The summed E-state index contributed by atoms with van der Waals surface area (Å²) in [6.07, 6.45) is -4.11. The number of aliphatic hydroxyl groups is 5. The molecule has 1 amide bonds. The van der Waals surface area contributed by atoms with Crippen molar-refractivity contribution in [3.8, 4) is 0 Å². The van der Waals surface area contributed by atoms with E-state index in [4.69, 9.17) is 14.6 Å². The van der Waals surface area contributed by atoms with Gasteiger partial charge < -0.3 is 45.1 Å². The van der Waals surface area contributed by atoms with Gasteiger partial charge in [0.15, 0.2) is 20.7 Å². The lowest BCUT2D eigenvalue weighted by atomic mass is 9.95. The molecule has 7 N–H and O–H groups in total. The maximum Gasteiger partial charge on any atom is 0.256 e. The van der Waals surface area contributed by atoms with Crippen LogP contribution in [0.1, 0.15) is 31.0 Å². The van der Waals surface area contributed by atoms with E-state index in [2.05, 4.69) is 22.6 Å². The zero-order valence-corrected chi connectivity index (χ0v) is 24.6. The van der Waals surface area contributed by atoms with Crippen LogP contribution in [0.5, 0.6) is 0 Å². The fourth-order valence-electron chi connectivity index (χ4n) is 5.97. The standard InChI is InChI=1S/C27H42N4O9Si/c1-15-19(39-20(25(15)41(2,3)38)10-12-31-14-18(11-13-32)29-30-31)9-6-16-4-7-17(8-5-16)28-26(36)24-22(34)21(33)23(35)27(37)40-24/h4-5,7-8,14-15,19-25,27,32-35,37-38H,6,9-13H2,1-3H3,(H,28,36)/t15-,19+,20-,21+,22+,23-,24+,25+,27-/m1/s1. The van der Waals surface area contributed by atoms with E-state index in [0.29, 0.717) is 25.1 Å². The van der Waals surface area contributed by atoms with Gasteiger partial charge in [-0.25, -0.2) is 0 Å². The van der Waals surface area contributed by atoms with E-state index in [1.807, 2.05) is 31.4 Å². The summed E-state index contributed by atoms with van der Waals surface area (Å²) in [5.41, 5.74) is 2.28. The monoisotopic (exact) mass is 594 g/mol. The number of carbonyl (C=O) groups excluding carboxylic acids is 1. The molecule has 1 aromatic carbocycles. The van der Waals surface area contributed by atoms with E-state index in [1.54, 1.807) is 16.8 Å². The maximum absolute atomic E-state index is 12.6. The van der Waals surface area contributed by atoms with E-state index in [-0.39, 0.29) is 30.3 Å². The maximum atomic E-state index is 12.6. The zero-order chi connectivity index (χ0) is 29.9. The SMILES string of the molecule is C[C@H]1[C@H]([Si](C)(C)O)[C@@H](CCn2cc(CCO)nn2)O[C@H]1CCc1ccc(NC(=O)[C@H]2O[C@@H](O)[C@H](O)[C@@H](O)[C@@H]2O)cc1. The van der Waals surface area contributed by atoms with Gasteiger partial charge in [-0.3, -0.25) is 9.48 Å². The van der Waals surface area contributed by atoms with Crippen molar-refractivity contribution >= 4 is 19.9 Å². The Balaban J connectivity index is 1.31. The molecule has 3 heterocycles. The molecule has 0 saturated carbocycles. The summed E-state index contributed by atoms with van der Waals surface area (Å²) in [7, 11) is -2.52. The predicted molar refractivity (Wildman–Crippen MR) is 149 cm³/mol. The first-order chi connectivity index (χ1) is 19.4. The summed E-state index contributed by atoms with van der Waals surface area (Å²) < 4.78 is 13.2. The molecule has 2 saturated heterocycles. The molecule has 0 spiro atoms. The topological polar surface area (TPSA) is 200 Å². The van der Waals surface area contributed by atoms with Crippen molar-refractivity contribution in [1.29, 1.82) is 0 Å². The van der Waals surface area contributed by atoms with Crippen molar-refractivity contribution in [2.75, 3.05) is 11.9 Å². The van der Waals surface area contributed by atoms with Gasteiger partial charge in [0.1, 0.15) is 18.3 Å². The molecule has 0 unspecified atom stereocenters. The fourth-order valence-corrected chi connectivity index (χ4v) is 8.63. The molecule has 2 fully saturated rings. The molecule has 2 aliphatic heterocycles. The highest BCUT2D eigenvalue weighted by Crippen LogP contribution is 2.45. The van der Waals surface area contributed by atoms with Crippen molar-refractivity contribution < 1.29 is 44.6 Å². The Labute approximate surface area is 239 Å². The highest BCUT2D eigenvalue weighted by molar-refractivity contribution is 6.71. The summed E-state index contributed by atoms with van der Waals surface area (Å²) in [6, 6.07) is 7.16.